The van der Waals surface area contributed by atoms with E-state index in [1.165, 1.54) is 36.4 Å². The molecule has 0 aliphatic carbocycles. The van der Waals surface area contributed by atoms with E-state index in [1.807, 2.05) is 0 Å². The molecule has 0 saturated carbocycles. The third-order valence-corrected chi connectivity index (χ3v) is 10.5. The van der Waals surface area contributed by atoms with E-state index in [9.17, 15) is 35.9 Å². The van der Waals surface area contributed by atoms with Crippen LogP contribution in [-0.2, 0) is 12.4 Å². The third-order valence-electron chi connectivity index (χ3n) is 6.16. The van der Waals surface area contributed by atoms with E-state index in [-0.39, 0.29) is 70.0 Å². The number of hydrogen-bond donors (Lipinski definition) is 6. The van der Waals surface area contributed by atoms with Gasteiger partial charge in [0.05, 0.1) is 22.5 Å². The Morgan fingerprint density at radius 3 is 1.19 bits per heavy atom. The zero-order chi connectivity index (χ0) is 35.5. The number of nitrogens with one attached hydrogen (secondary N) is 2. The Hall–Kier alpha value is -2.58. The number of alkyl halides is 6. The minimum Gasteiger partial charge on any atom is -0.330 e. The fraction of sp³-hybridized carbons (Fsp3) is 0.333. The van der Waals surface area contributed by atoms with Gasteiger partial charge in [-0.2, -0.15) is 26.3 Å². The number of carbonyl (C=O) groups is 2. The van der Waals surface area contributed by atoms with Crippen molar-refractivity contribution in [2.45, 2.75) is 31.9 Å². The first-order valence-corrected chi connectivity index (χ1v) is 18.2. The second-order valence-electron chi connectivity index (χ2n) is 9.72. The third kappa shape index (κ3) is 11.2. The lowest BCUT2D eigenvalue weighted by atomic mass is 10.1. The second-order valence-corrected chi connectivity index (χ2v) is 14.3. The Morgan fingerprint density at radius 1 is 0.542 bits per heavy atom. The van der Waals surface area contributed by atoms with Gasteiger partial charge in [-0.25, -0.2) is 0 Å². The number of nitrogens with two attached hydrogens (primary N) is 4. The van der Waals surface area contributed by atoms with E-state index in [1.54, 1.807) is 0 Å². The summed E-state index contributed by atoms with van der Waals surface area (Å²) in [5.41, 5.74) is 20.0. The molecule has 2 amide bonds. The Labute approximate surface area is 290 Å². The standard InChI is InChI=1S/C30H34F6N6O2S4/c31-29(32,33)19-13-21(25(47-10-6-39)15-23(19)45-8-4-37)41-27(43)17-2-1-3-18(12-17)28(44)42-22-14-20(30(34,35)36)24(46-9-5-38)16-26(22)48-11-7-40/h1-3,12-16H,4-11,37-40H2,(H,41,43)(H,42,44). The van der Waals surface area contributed by atoms with Crippen molar-refractivity contribution in [3.63, 3.8) is 0 Å². The zero-order valence-electron chi connectivity index (χ0n) is 25.3. The van der Waals surface area contributed by atoms with E-state index in [4.69, 9.17) is 22.9 Å². The molecule has 8 nitrogen and oxygen atoms in total. The summed E-state index contributed by atoms with van der Waals surface area (Å²) in [6.07, 6.45) is -9.44. The van der Waals surface area contributed by atoms with Gasteiger partial charge in [-0.15, -0.1) is 47.0 Å². The quantitative estimate of drug-likeness (QED) is 0.0711. The molecule has 10 N–H and O–H groups in total. The lowest BCUT2D eigenvalue weighted by Gasteiger charge is -2.19. The Morgan fingerprint density at radius 2 is 0.875 bits per heavy atom. The molecule has 3 aromatic carbocycles. The summed E-state index contributed by atoms with van der Waals surface area (Å²) in [5, 5.41) is 5.02. The molecule has 0 spiro atoms. The molecule has 0 bridgehead atoms. The Bertz CT molecular complexity index is 1470. The molecule has 0 heterocycles. The Kier molecular flexibility index (Phi) is 15.3. The molecule has 262 valence electrons. The van der Waals surface area contributed by atoms with Gasteiger partial charge < -0.3 is 33.6 Å². The number of amides is 2. The number of anilines is 2. The molecule has 0 aromatic heterocycles. The molecule has 0 aliphatic rings. The minimum absolute atomic E-state index is 0.0483. The van der Waals surface area contributed by atoms with Crippen molar-refractivity contribution in [1.82, 2.24) is 0 Å². The minimum atomic E-state index is -4.72. The first kappa shape index (κ1) is 39.9. The smallest absolute Gasteiger partial charge is 0.330 e. The van der Waals surface area contributed by atoms with E-state index in [0.29, 0.717) is 21.3 Å². The number of benzene rings is 3. The van der Waals surface area contributed by atoms with Crippen LogP contribution in [0.2, 0.25) is 0 Å². The molecule has 3 aromatic rings. The number of halogens is 6. The number of carbonyl (C=O) groups excluding carboxylic acids is 2. The monoisotopic (exact) mass is 752 g/mol. The highest BCUT2D eigenvalue weighted by Gasteiger charge is 2.36. The fourth-order valence-electron chi connectivity index (χ4n) is 4.10. The summed E-state index contributed by atoms with van der Waals surface area (Å²) < 4.78 is 83.9. The van der Waals surface area contributed by atoms with Gasteiger partial charge in [-0.05, 0) is 42.5 Å². The van der Waals surface area contributed by atoms with Crippen molar-refractivity contribution in [1.29, 1.82) is 0 Å². The fourth-order valence-corrected chi connectivity index (χ4v) is 7.60. The van der Waals surface area contributed by atoms with Crippen molar-refractivity contribution >= 4 is 70.2 Å². The van der Waals surface area contributed by atoms with Crippen molar-refractivity contribution in [2.75, 3.05) is 59.8 Å². The SMILES string of the molecule is NCCSc1cc(SCCN)c(C(F)(F)F)cc1NC(=O)c1cccc(C(=O)Nc2cc(C(F)(F)F)c(SCCN)cc2SCCN)c1. The van der Waals surface area contributed by atoms with Crippen LogP contribution in [-0.4, -0.2) is 61.0 Å². The van der Waals surface area contributed by atoms with Crippen molar-refractivity contribution in [3.05, 3.63) is 70.8 Å². The van der Waals surface area contributed by atoms with Crippen molar-refractivity contribution in [2.24, 2.45) is 22.9 Å². The lowest BCUT2D eigenvalue weighted by Crippen LogP contribution is -2.18. The average molecular weight is 753 g/mol. The predicted molar refractivity (Wildman–Crippen MR) is 184 cm³/mol. The number of rotatable bonds is 16. The largest absolute Gasteiger partial charge is 0.417 e. The molecule has 0 fully saturated rings. The predicted octanol–water partition coefficient (Wildman–Crippen LogP) is 6.43. The highest BCUT2D eigenvalue weighted by Crippen LogP contribution is 2.44. The molecule has 0 atom stereocenters. The molecule has 0 aliphatic heterocycles. The van der Waals surface area contributed by atoms with E-state index in [0.717, 1.165) is 59.2 Å². The van der Waals surface area contributed by atoms with Gasteiger partial charge in [0, 0.05) is 79.9 Å². The maximum absolute atomic E-state index is 14.0. The van der Waals surface area contributed by atoms with Gasteiger partial charge in [-0.1, -0.05) is 6.07 Å². The van der Waals surface area contributed by atoms with Crippen LogP contribution in [0.3, 0.4) is 0 Å². The highest BCUT2D eigenvalue weighted by atomic mass is 32.2. The van der Waals surface area contributed by atoms with Gasteiger partial charge in [-0.3, -0.25) is 9.59 Å². The first-order chi connectivity index (χ1) is 22.7. The number of thioether (sulfide) groups is 4. The summed E-state index contributed by atoms with van der Waals surface area (Å²) in [7, 11) is 0. The molecule has 48 heavy (non-hydrogen) atoms. The summed E-state index contributed by atoms with van der Waals surface area (Å²) in [5.74, 6) is -0.415. The zero-order valence-corrected chi connectivity index (χ0v) is 28.6. The molecular weight excluding hydrogens is 719 g/mol. The normalized spacial score (nSPS) is 11.9. The maximum atomic E-state index is 14.0. The molecule has 3 rings (SSSR count). The van der Waals surface area contributed by atoms with Crippen molar-refractivity contribution in [3.8, 4) is 0 Å². The topological polar surface area (TPSA) is 162 Å². The molecule has 0 radical (unpaired) electrons. The van der Waals surface area contributed by atoms with Crippen LogP contribution in [0.1, 0.15) is 31.8 Å². The summed E-state index contributed by atoms with van der Waals surface area (Å²) >= 11 is 4.20. The van der Waals surface area contributed by atoms with Crippen LogP contribution in [0.5, 0.6) is 0 Å². The summed E-state index contributed by atoms with van der Waals surface area (Å²) in [6, 6.07) is 9.62. The van der Waals surface area contributed by atoms with Crippen LogP contribution in [0.4, 0.5) is 37.7 Å². The van der Waals surface area contributed by atoms with Crippen molar-refractivity contribution < 1.29 is 35.9 Å². The van der Waals surface area contributed by atoms with Crippen LogP contribution in [0, 0.1) is 0 Å². The average Bonchev–Trinajstić information content (AvgIpc) is 3.04. The molecule has 18 heteroatoms. The van der Waals surface area contributed by atoms with Gasteiger partial charge >= 0.3 is 12.4 Å². The van der Waals surface area contributed by atoms with E-state index < -0.39 is 35.3 Å². The van der Waals surface area contributed by atoms with Gasteiger partial charge in [0.25, 0.3) is 11.8 Å². The summed E-state index contributed by atoms with van der Waals surface area (Å²) in [4.78, 5) is 27.2. The van der Waals surface area contributed by atoms with Gasteiger partial charge in [0.2, 0.25) is 0 Å². The lowest BCUT2D eigenvalue weighted by molar-refractivity contribution is -0.140. The molecular formula is C30H34F6N6O2S4. The first-order valence-electron chi connectivity index (χ1n) is 14.3. The summed E-state index contributed by atoms with van der Waals surface area (Å²) in [6.45, 7) is 0.777. The molecule has 0 saturated heterocycles. The van der Waals surface area contributed by atoms with Gasteiger partial charge in [0.1, 0.15) is 0 Å². The second kappa shape index (κ2) is 18.4. The van der Waals surface area contributed by atoms with Crippen LogP contribution >= 0.6 is 47.0 Å². The van der Waals surface area contributed by atoms with Crippen LogP contribution in [0.25, 0.3) is 0 Å². The van der Waals surface area contributed by atoms with Crippen LogP contribution < -0.4 is 33.6 Å². The Balaban J connectivity index is 1.96. The van der Waals surface area contributed by atoms with E-state index >= 15 is 0 Å². The van der Waals surface area contributed by atoms with E-state index in [2.05, 4.69) is 10.6 Å². The van der Waals surface area contributed by atoms with Crippen LogP contribution in [0.15, 0.2) is 68.1 Å². The molecule has 0 unspecified atom stereocenters. The van der Waals surface area contributed by atoms with Gasteiger partial charge in [0.15, 0.2) is 0 Å². The highest BCUT2D eigenvalue weighted by molar-refractivity contribution is 8.00. The maximum Gasteiger partial charge on any atom is 0.417 e. The number of hydrogen-bond acceptors (Lipinski definition) is 10.